The number of hydrogen-bond acceptors (Lipinski definition) is 5. The van der Waals surface area contributed by atoms with Crippen LogP contribution in [0.4, 0.5) is 4.39 Å². The van der Waals surface area contributed by atoms with Crippen LogP contribution in [0.15, 0.2) is 48.0 Å². The first-order chi connectivity index (χ1) is 15.9. The second-order valence-corrected chi connectivity index (χ2v) is 8.07. The van der Waals surface area contributed by atoms with Crippen LogP contribution in [0.25, 0.3) is 5.76 Å². The van der Waals surface area contributed by atoms with Crippen LogP contribution in [0.1, 0.15) is 48.9 Å². The molecule has 1 amide bonds. The van der Waals surface area contributed by atoms with Crippen LogP contribution in [0.2, 0.25) is 0 Å². The van der Waals surface area contributed by atoms with Crippen LogP contribution < -0.4 is 4.74 Å². The van der Waals surface area contributed by atoms with E-state index in [1.54, 1.807) is 25.3 Å². The van der Waals surface area contributed by atoms with Crippen molar-refractivity contribution in [2.24, 2.45) is 0 Å². The SMILES string of the molecule is CCCCOc1ccc(/C(O)=C2\C(=O)C(=O)N(CCCOC)C2c2ccc(F)cc2)cc1C. The quantitative estimate of drug-likeness (QED) is 0.242. The molecule has 6 nitrogen and oxygen atoms in total. The van der Waals surface area contributed by atoms with E-state index in [0.29, 0.717) is 36.5 Å². The molecule has 1 N–H and O–H groups in total. The monoisotopic (exact) mass is 455 g/mol. The van der Waals surface area contributed by atoms with E-state index in [4.69, 9.17) is 9.47 Å². The molecule has 176 valence electrons. The minimum atomic E-state index is -0.816. The maximum Gasteiger partial charge on any atom is 0.295 e. The lowest BCUT2D eigenvalue weighted by Crippen LogP contribution is -2.31. The third-order valence-corrected chi connectivity index (χ3v) is 5.68. The number of aliphatic hydroxyl groups excluding tert-OH is 1. The average Bonchev–Trinajstić information content (AvgIpc) is 3.05. The van der Waals surface area contributed by atoms with E-state index in [0.717, 1.165) is 18.4 Å². The number of aliphatic hydroxyl groups is 1. The summed E-state index contributed by atoms with van der Waals surface area (Å²) in [4.78, 5) is 27.3. The molecule has 0 spiro atoms. The third-order valence-electron chi connectivity index (χ3n) is 5.68. The summed E-state index contributed by atoms with van der Waals surface area (Å²) in [5, 5.41) is 11.2. The smallest absolute Gasteiger partial charge is 0.295 e. The Balaban J connectivity index is 2.03. The van der Waals surface area contributed by atoms with Gasteiger partial charge in [0, 0.05) is 25.8 Å². The maximum absolute atomic E-state index is 13.5. The second kappa shape index (κ2) is 11.1. The molecule has 0 aliphatic carbocycles. The molecular weight excluding hydrogens is 425 g/mol. The van der Waals surface area contributed by atoms with Gasteiger partial charge in [-0.3, -0.25) is 9.59 Å². The summed E-state index contributed by atoms with van der Waals surface area (Å²) in [6.45, 7) is 5.22. The Morgan fingerprint density at radius 2 is 1.82 bits per heavy atom. The van der Waals surface area contributed by atoms with Crippen molar-refractivity contribution in [1.82, 2.24) is 4.90 Å². The van der Waals surface area contributed by atoms with Crippen LogP contribution in [0, 0.1) is 12.7 Å². The molecule has 1 unspecified atom stereocenters. The second-order valence-electron chi connectivity index (χ2n) is 8.07. The van der Waals surface area contributed by atoms with Gasteiger partial charge in [-0.2, -0.15) is 0 Å². The van der Waals surface area contributed by atoms with Gasteiger partial charge in [0.25, 0.3) is 11.7 Å². The topological polar surface area (TPSA) is 76.1 Å². The van der Waals surface area contributed by atoms with Crippen molar-refractivity contribution in [3.63, 3.8) is 0 Å². The molecule has 7 heteroatoms. The number of carbonyl (C=O) groups excluding carboxylic acids is 2. The fourth-order valence-corrected chi connectivity index (χ4v) is 3.92. The molecule has 1 aliphatic rings. The molecule has 0 aromatic heterocycles. The first-order valence-electron chi connectivity index (χ1n) is 11.2. The summed E-state index contributed by atoms with van der Waals surface area (Å²) in [6, 6.07) is 9.94. The number of aryl methyl sites for hydroxylation is 1. The Morgan fingerprint density at radius 3 is 2.45 bits per heavy atom. The molecular formula is C26H30FNO5. The van der Waals surface area contributed by atoms with Gasteiger partial charge >= 0.3 is 0 Å². The minimum absolute atomic E-state index is 0.0110. The highest BCUT2D eigenvalue weighted by Gasteiger charge is 2.45. The molecule has 1 fully saturated rings. The van der Waals surface area contributed by atoms with Gasteiger partial charge in [-0.15, -0.1) is 0 Å². The van der Waals surface area contributed by atoms with Crippen molar-refractivity contribution in [3.05, 3.63) is 70.5 Å². The fraction of sp³-hybridized carbons (Fsp3) is 0.385. The number of benzene rings is 2. The summed E-state index contributed by atoms with van der Waals surface area (Å²) in [7, 11) is 1.56. The van der Waals surface area contributed by atoms with Crippen molar-refractivity contribution in [2.75, 3.05) is 26.9 Å². The van der Waals surface area contributed by atoms with Gasteiger partial charge in [0.15, 0.2) is 0 Å². The molecule has 0 bridgehead atoms. The number of unbranched alkanes of at least 4 members (excludes halogenated alkanes) is 1. The fourth-order valence-electron chi connectivity index (χ4n) is 3.92. The zero-order valence-corrected chi connectivity index (χ0v) is 19.3. The molecule has 0 radical (unpaired) electrons. The molecule has 2 aromatic rings. The Hall–Kier alpha value is -3.19. The lowest BCUT2D eigenvalue weighted by Gasteiger charge is -2.25. The normalized spacial score (nSPS) is 17.6. The van der Waals surface area contributed by atoms with Crippen LogP contribution in [0.3, 0.4) is 0 Å². The Morgan fingerprint density at radius 1 is 1.09 bits per heavy atom. The highest BCUT2D eigenvalue weighted by molar-refractivity contribution is 6.46. The molecule has 0 saturated carbocycles. The van der Waals surface area contributed by atoms with Gasteiger partial charge in [0.05, 0.1) is 18.2 Å². The molecule has 1 aliphatic heterocycles. The third kappa shape index (κ3) is 5.42. The van der Waals surface area contributed by atoms with Gasteiger partial charge in [-0.1, -0.05) is 25.5 Å². The molecule has 33 heavy (non-hydrogen) atoms. The first kappa shape index (κ1) is 24.5. The van der Waals surface area contributed by atoms with Gasteiger partial charge in [0.2, 0.25) is 0 Å². The van der Waals surface area contributed by atoms with Crippen molar-refractivity contribution in [1.29, 1.82) is 0 Å². The number of hydrogen-bond donors (Lipinski definition) is 1. The van der Waals surface area contributed by atoms with E-state index in [1.165, 1.54) is 29.2 Å². The highest BCUT2D eigenvalue weighted by Crippen LogP contribution is 2.40. The number of carbonyl (C=O) groups is 2. The van der Waals surface area contributed by atoms with Crippen LogP contribution in [-0.4, -0.2) is 48.6 Å². The molecule has 2 aromatic carbocycles. The number of Topliss-reactive ketones (excluding diaryl/α,β-unsaturated/α-hetero) is 1. The van der Waals surface area contributed by atoms with Gasteiger partial charge in [-0.25, -0.2) is 4.39 Å². The van der Waals surface area contributed by atoms with Crippen LogP contribution in [0.5, 0.6) is 5.75 Å². The van der Waals surface area contributed by atoms with Crippen molar-refractivity contribution >= 4 is 17.4 Å². The Kier molecular flexibility index (Phi) is 8.22. The predicted molar refractivity (Wildman–Crippen MR) is 123 cm³/mol. The molecule has 1 atom stereocenters. The summed E-state index contributed by atoms with van der Waals surface area (Å²) >= 11 is 0. The standard InChI is InChI=1S/C26H30FNO5/c1-4-5-15-33-21-12-9-19(16-17(21)2)24(29)22-23(18-7-10-20(27)11-8-18)28(13-6-14-32-3)26(31)25(22)30/h7-12,16,23,29H,4-6,13-15H2,1-3H3/b24-22+. The van der Waals surface area contributed by atoms with Gasteiger partial charge in [-0.05, 0) is 61.2 Å². The van der Waals surface area contributed by atoms with Gasteiger partial charge in [0.1, 0.15) is 17.3 Å². The largest absolute Gasteiger partial charge is 0.507 e. The zero-order chi connectivity index (χ0) is 24.0. The molecule has 1 heterocycles. The first-order valence-corrected chi connectivity index (χ1v) is 11.2. The van der Waals surface area contributed by atoms with E-state index >= 15 is 0 Å². The van der Waals surface area contributed by atoms with Gasteiger partial charge < -0.3 is 19.5 Å². The van der Waals surface area contributed by atoms with Crippen molar-refractivity contribution in [3.8, 4) is 5.75 Å². The van der Waals surface area contributed by atoms with Crippen molar-refractivity contribution in [2.45, 2.75) is 39.2 Å². The number of nitrogens with zero attached hydrogens (tertiary/aromatic N) is 1. The lowest BCUT2D eigenvalue weighted by atomic mass is 9.94. The summed E-state index contributed by atoms with van der Waals surface area (Å²) in [5.74, 6) is -1.45. The van der Waals surface area contributed by atoms with E-state index in [-0.39, 0.29) is 17.9 Å². The number of likely N-dealkylation sites (tertiary alicyclic amines) is 1. The molecule has 3 rings (SSSR count). The highest BCUT2D eigenvalue weighted by atomic mass is 19.1. The van der Waals surface area contributed by atoms with Crippen LogP contribution >= 0.6 is 0 Å². The number of amides is 1. The number of halogens is 1. The summed E-state index contributed by atoms with van der Waals surface area (Å²) in [6.07, 6.45) is 2.47. The minimum Gasteiger partial charge on any atom is -0.507 e. The van der Waals surface area contributed by atoms with E-state index in [1.807, 2.05) is 6.92 Å². The summed E-state index contributed by atoms with van der Waals surface area (Å²) < 4.78 is 24.4. The number of ketones is 1. The van der Waals surface area contributed by atoms with E-state index in [2.05, 4.69) is 6.92 Å². The maximum atomic E-state index is 13.5. The number of rotatable bonds is 10. The lowest BCUT2D eigenvalue weighted by molar-refractivity contribution is -0.140. The predicted octanol–water partition coefficient (Wildman–Crippen LogP) is 4.77. The van der Waals surface area contributed by atoms with E-state index in [9.17, 15) is 19.1 Å². The summed E-state index contributed by atoms with van der Waals surface area (Å²) in [5.41, 5.74) is 1.76. The zero-order valence-electron chi connectivity index (χ0n) is 19.3. The van der Waals surface area contributed by atoms with Crippen LogP contribution in [-0.2, 0) is 14.3 Å². The van der Waals surface area contributed by atoms with Crippen molar-refractivity contribution < 1.29 is 28.6 Å². The average molecular weight is 456 g/mol. The van der Waals surface area contributed by atoms with E-state index < -0.39 is 23.5 Å². The number of ether oxygens (including phenoxy) is 2. The number of methoxy groups -OCH3 is 1. The Bertz CT molecular complexity index is 1030. The Labute approximate surface area is 193 Å². The molecule has 1 saturated heterocycles.